The standard InChI is InChI=1S/C17H18N2O4/c1-17(2,18-15(22)11-7-3-5-9-13(11)20)19-16(23)12-8-4-6-10-14(12)21/h3-10,20-21H,1-2H3,(H,18,22)(H,19,23). The minimum absolute atomic E-state index is 0.109. The summed E-state index contributed by atoms with van der Waals surface area (Å²) in [6.45, 7) is 3.20. The van der Waals surface area contributed by atoms with Gasteiger partial charge in [0.1, 0.15) is 17.2 Å². The average molecular weight is 314 g/mol. The zero-order valence-electron chi connectivity index (χ0n) is 12.8. The SMILES string of the molecule is CC(C)(NC(=O)c1ccccc1O)NC(=O)c1ccccc1O. The molecule has 2 aromatic carbocycles. The van der Waals surface area contributed by atoms with Crippen molar-refractivity contribution >= 4 is 11.8 Å². The summed E-state index contributed by atoms with van der Waals surface area (Å²) < 4.78 is 0. The highest BCUT2D eigenvalue weighted by Crippen LogP contribution is 2.18. The Morgan fingerprint density at radius 3 is 1.48 bits per heavy atom. The van der Waals surface area contributed by atoms with E-state index in [2.05, 4.69) is 10.6 Å². The zero-order valence-corrected chi connectivity index (χ0v) is 12.8. The Morgan fingerprint density at radius 1 is 0.783 bits per heavy atom. The number of rotatable bonds is 4. The maximum Gasteiger partial charge on any atom is 0.256 e. The van der Waals surface area contributed by atoms with E-state index in [0.29, 0.717) is 0 Å². The Labute approximate surface area is 133 Å². The molecule has 4 N–H and O–H groups in total. The van der Waals surface area contributed by atoms with Crippen molar-refractivity contribution < 1.29 is 19.8 Å². The molecule has 6 heteroatoms. The van der Waals surface area contributed by atoms with Crippen LogP contribution in [0.3, 0.4) is 0 Å². The highest BCUT2D eigenvalue weighted by molar-refractivity contribution is 5.99. The third-order valence-corrected chi connectivity index (χ3v) is 3.15. The van der Waals surface area contributed by atoms with Gasteiger partial charge in [0.2, 0.25) is 0 Å². The molecule has 2 amide bonds. The lowest BCUT2D eigenvalue weighted by atomic mass is 10.1. The van der Waals surface area contributed by atoms with Gasteiger partial charge in [-0.2, -0.15) is 0 Å². The van der Waals surface area contributed by atoms with Gasteiger partial charge in [-0.15, -0.1) is 0 Å². The van der Waals surface area contributed by atoms with E-state index in [1.807, 2.05) is 0 Å². The van der Waals surface area contributed by atoms with E-state index in [4.69, 9.17) is 0 Å². The van der Waals surface area contributed by atoms with Crippen LogP contribution in [-0.4, -0.2) is 27.7 Å². The Hall–Kier alpha value is -3.02. The van der Waals surface area contributed by atoms with Crippen molar-refractivity contribution in [2.45, 2.75) is 19.5 Å². The van der Waals surface area contributed by atoms with E-state index in [1.54, 1.807) is 38.1 Å². The van der Waals surface area contributed by atoms with Gasteiger partial charge < -0.3 is 20.8 Å². The molecule has 0 saturated heterocycles. The Morgan fingerprint density at radius 2 is 1.13 bits per heavy atom. The number of amides is 2. The third kappa shape index (κ3) is 4.00. The molecule has 0 heterocycles. The fraction of sp³-hybridized carbons (Fsp3) is 0.176. The van der Waals surface area contributed by atoms with Gasteiger partial charge in [0, 0.05) is 0 Å². The Balaban J connectivity index is 2.10. The van der Waals surface area contributed by atoms with Crippen molar-refractivity contribution in [1.82, 2.24) is 10.6 Å². The van der Waals surface area contributed by atoms with E-state index >= 15 is 0 Å². The lowest BCUT2D eigenvalue weighted by molar-refractivity contribution is 0.0832. The van der Waals surface area contributed by atoms with Crippen LogP contribution < -0.4 is 10.6 Å². The maximum atomic E-state index is 12.2. The predicted molar refractivity (Wildman–Crippen MR) is 85.2 cm³/mol. The van der Waals surface area contributed by atoms with E-state index in [1.165, 1.54) is 24.3 Å². The minimum atomic E-state index is -1.08. The lowest BCUT2D eigenvalue weighted by Gasteiger charge is -2.28. The second-order valence-corrected chi connectivity index (χ2v) is 5.57. The summed E-state index contributed by atoms with van der Waals surface area (Å²) in [5, 5.41) is 24.6. The van der Waals surface area contributed by atoms with Crippen LogP contribution in [0.4, 0.5) is 0 Å². The van der Waals surface area contributed by atoms with Crippen LogP contribution in [0.1, 0.15) is 34.6 Å². The van der Waals surface area contributed by atoms with Crippen molar-refractivity contribution in [3.8, 4) is 11.5 Å². The average Bonchev–Trinajstić information content (AvgIpc) is 2.46. The van der Waals surface area contributed by atoms with Crippen molar-refractivity contribution in [2.24, 2.45) is 0 Å². The summed E-state index contributed by atoms with van der Waals surface area (Å²) in [6.07, 6.45) is 0. The van der Waals surface area contributed by atoms with Gasteiger partial charge >= 0.3 is 0 Å². The Bertz CT molecular complexity index is 679. The molecule has 6 nitrogen and oxygen atoms in total. The van der Waals surface area contributed by atoms with Crippen LogP contribution in [0, 0.1) is 0 Å². The second kappa shape index (κ2) is 6.39. The predicted octanol–water partition coefficient (Wildman–Crippen LogP) is 1.99. The molecule has 0 aliphatic heterocycles. The topological polar surface area (TPSA) is 98.7 Å². The van der Waals surface area contributed by atoms with Crippen LogP contribution in [0.2, 0.25) is 0 Å². The number of aromatic hydroxyl groups is 2. The van der Waals surface area contributed by atoms with Gasteiger partial charge in [-0.05, 0) is 38.1 Å². The normalized spacial score (nSPS) is 10.9. The van der Waals surface area contributed by atoms with E-state index in [9.17, 15) is 19.8 Å². The molecule has 0 radical (unpaired) electrons. The number of nitrogens with one attached hydrogen (secondary N) is 2. The van der Waals surface area contributed by atoms with Gasteiger partial charge in [0.15, 0.2) is 0 Å². The highest BCUT2D eigenvalue weighted by Gasteiger charge is 2.25. The molecular formula is C17H18N2O4. The summed E-state index contributed by atoms with van der Waals surface area (Å²) in [5.41, 5.74) is -0.867. The van der Waals surface area contributed by atoms with Crippen LogP contribution in [0.25, 0.3) is 0 Å². The quantitative estimate of drug-likeness (QED) is 0.649. The van der Waals surface area contributed by atoms with Crippen LogP contribution in [-0.2, 0) is 0 Å². The molecule has 0 atom stereocenters. The number of benzene rings is 2. The summed E-state index contributed by atoms with van der Waals surface area (Å²) >= 11 is 0. The zero-order chi connectivity index (χ0) is 17.0. The highest BCUT2D eigenvalue weighted by atomic mass is 16.3. The summed E-state index contributed by atoms with van der Waals surface area (Å²) in [4.78, 5) is 24.4. The maximum absolute atomic E-state index is 12.2. The van der Waals surface area contributed by atoms with Gasteiger partial charge in [-0.3, -0.25) is 9.59 Å². The molecule has 0 aliphatic rings. The summed E-state index contributed by atoms with van der Waals surface area (Å²) in [5.74, 6) is -1.34. The fourth-order valence-corrected chi connectivity index (χ4v) is 2.06. The molecule has 2 aromatic rings. The van der Waals surface area contributed by atoms with Crippen molar-refractivity contribution in [3.63, 3.8) is 0 Å². The van der Waals surface area contributed by atoms with Crippen LogP contribution in [0.15, 0.2) is 48.5 Å². The van der Waals surface area contributed by atoms with Gasteiger partial charge in [-0.25, -0.2) is 0 Å². The molecule has 0 aromatic heterocycles. The van der Waals surface area contributed by atoms with Crippen molar-refractivity contribution in [1.29, 1.82) is 0 Å². The van der Waals surface area contributed by atoms with Crippen LogP contribution >= 0.6 is 0 Å². The van der Waals surface area contributed by atoms with Crippen LogP contribution in [0.5, 0.6) is 11.5 Å². The molecular weight excluding hydrogens is 296 g/mol. The monoisotopic (exact) mass is 314 g/mol. The molecule has 0 spiro atoms. The number of carbonyl (C=O) groups excluding carboxylic acids is 2. The first kappa shape index (κ1) is 16.4. The fourth-order valence-electron chi connectivity index (χ4n) is 2.06. The largest absolute Gasteiger partial charge is 0.507 e. The first-order chi connectivity index (χ1) is 10.8. The molecule has 23 heavy (non-hydrogen) atoms. The van der Waals surface area contributed by atoms with Gasteiger partial charge in [0.05, 0.1) is 11.1 Å². The van der Waals surface area contributed by atoms with E-state index < -0.39 is 17.5 Å². The first-order valence-electron chi connectivity index (χ1n) is 7.01. The second-order valence-electron chi connectivity index (χ2n) is 5.57. The smallest absolute Gasteiger partial charge is 0.256 e. The lowest BCUT2D eigenvalue weighted by Crippen LogP contribution is -2.56. The third-order valence-electron chi connectivity index (χ3n) is 3.15. The molecule has 0 bridgehead atoms. The Kier molecular flexibility index (Phi) is 4.55. The molecule has 0 fully saturated rings. The van der Waals surface area contributed by atoms with Crippen molar-refractivity contribution in [3.05, 3.63) is 59.7 Å². The molecule has 120 valence electrons. The number of carbonyl (C=O) groups is 2. The summed E-state index contributed by atoms with van der Waals surface area (Å²) in [7, 11) is 0. The number of hydrogen-bond donors (Lipinski definition) is 4. The minimum Gasteiger partial charge on any atom is -0.507 e. The molecule has 0 aliphatic carbocycles. The van der Waals surface area contributed by atoms with E-state index in [-0.39, 0.29) is 22.6 Å². The molecule has 0 unspecified atom stereocenters. The van der Waals surface area contributed by atoms with Gasteiger partial charge in [0.25, 0.3) is 11.8 Å². The number of hydrogen-bond acceptors (Lipinski definition) is 4. The molecule has 2 rings (SSSR count). The molecule has 0 saturated carbocycles. The van der Waals surface area contributed by atoms with E-state index in [0.717, 1.165) is 0 Å². The number of phenols is 2. The first-order valence-corrected chi connectivity index (χ1v) is 7.01. The van der Waals surface area contributed by atoms with Gasteiger partial charge in [-0.1, -0.05) is 24.3 Å². The number of phenolic OH excluding ortho intramolecular Hbond substituents is 2. The summed E-state index contributed by atoms with van der Waals surface area (Å²) in [6, 6.07) is 12.2. The number of para-hydroxylation sites is 2. The van der Waals surface area contributed by atoms with Crippen molar-refractivity contribution in [2.75, 3.05) is 0 Å².